The van der Waals surface area contributed by atoms with E-state index >= 15 is 0 Å². The molecule has 2 rings (SSSR count). The number of nitrogens with one attached hydrogen (secondary N) is 1. The van der Waals surface area contributed by atoms with Crippen LogP contribution in [0.15, 0.2) is 41.5 Å². The first-order valence-electron chi connectivity index (χ1n) is 6.90. The smallest absolute Gasteiger partial charge is 0.328 e. The highest BCUT2D eigenvalue weighted by Crippen LogP contribution is 2.16. The van der Waals surface area contributed by atoms with Crippen molar-refractivity contribution in [2.75, 3.05) is 11.1 Å². The van der Waals surface area contributed by atoms with Gasteiger partial charge in [-0.3, -0.25) is 13.9 Å². The number of para-hydroxylation sites is 2. The molecule has 112 valence electrons. The van der Waals surface area contributed by atoms with Gasteiger partial charge in [-0.05, 0) is 26.0 Å². The number of imidazole rings is 1. The fraction of sp³-hybridized carbons (Fsp3) is 0.333. The summed E-state index contributed by atoms with van der Waals surface area (Å²) in [6, 6.07) is 7.19. The number of amides is 1. The maximum absolute atomic E-state index is 12.0. The minimum atomic E-state index is -0.169. The predicted octanol–water partition coefficient (Wildman–Crippen LogP) is 1.84. The van der Waals surface area contributed by atoms with Gasteiger partial charge in [-0.25, -0.2) is 4.79 Å². The van der Waals surface area contributed by atoms with E-state index in [4.69, 9.17) is 5.73 Å². The zero-order valence-electron chi connectivity index (χ0n) is 12.2. The summed E-state index contributed by atoms with van der Waals surface area (Å²) in [5, 5.41) is 2.74. The average Bonchev–Trinajstić information content (AvgIpc) is 2.80. The first-order chi connectivity index (χ1) is 9.99. The number of hydrogen-bond donors (Lipinski definition) is 2. The molecule has 1 heterocycles. The molecule has 0 aliphatic heterocycles. The quantitative estimate of drug-likeness (QED) is 0.824. The Labute approximate surface area is 123 Å². The second-order valence-electron chi connectivity index (χ2n) is 5.16. The topological polar surface area (TPSA) is 82.1 Å². The number of carbonyl (C=O) groups excluding carboxylic acids is 1. The molecule has 0 aliphatic rings. The number of rotatable bonds is 5. The van der Waals surface area contributed by atoms with E-state index in [1.165, 1.54) is 4.57 Å². The van der Waals surface area contributed by atoms with E-state index in [0.717, 1.165) is 0 Å². The van der Waals surface area contributed by atoms with E-state index in [-0.39, 0.29) is 24.1 Å². The van der Waals surface area contributed by atoms with E-state index in [9.17, 15) is 9.59 Å². The number of nitrogens with two attached hydrogens (primary N) is 1. The number of nitrogen functional groups attached to an aromatic ring is 1. The molecule has 0 saturated carbocycles. The molecule has 3 N–H and O–H groups in total. The van der Waals surface area contributed by atoms with Crippen molar-refractivity contribution in [3.05, 3.63) is 47.1 Å². The zero-order chi connectivity index (χ0) is 15.4. The summed E-state index contributed by atoms with van der Waals surface area (Å²) in [5.41, 5.74) is 6.78. The lowest BCUT2D eigenvalue weighted by atomic mass is 10.2. The second kappa shape index (κ2) is 6.30. The van der Waals surface area contributed by atoms with Gasteiger partial charge in [0.15, 0.2) is 0 Å². The van der Waals surface area contributed by atoms with Crippen LogP contribution in [0.25, 0.3) is 0 Å². The third-order valence-corrected chi connectivity index (χ3v) is 3.24. The molecule has 6 nitrogen and oxygen atoms in total. The zero-order valence-corrected chi connectivity index (χ0v) is 12.2. The Hall–Kier alpha value is -2.50. The summed E-state index contributed by atoms with van der Waals surface area (Å²) in [4.78, 5) is 23.9. The van der Waals surface area contributed by atoms with Gasteiger partial charge >= 0.3 is 5.69 Å². The number of aryl methyl sites for hydroxylation is 1. The molecule has 0 aliphatic carbocycles. The first-order valence-corrected chi connectivity index (χ1v) is 6.90. The molecule has 0 saturated heterocycles. The summed E-state index contributed by atoms with van der Waals surface area (Å²) in [6.45, 7) is 4.23. The molecule has 0 unspecified atom stereocenters. The summed E-state index contributed by atoms with van der Waals surface area (Å²) in [6.07, 6.45) is 3.66. The number of aromatic nitrogens is 2. The first kappa shape index (κ1) is 14.9. The summed E-state index contributed by atoms with van der Waals surface area (Å²) in [5.74, 6) is -0.169. The largest absolute Gasteiger partial charge is 0.397 e. The standard InChI is InChI=1S/C15H20N4O2/c1-11(2)19-10-9-18(15(19)21)8-7-14(20)17-13-6-4-3-5-12(13)16/h3-6,9-11H,7-8,16H2,1-2H3,(H,17,20). The van der Waals surface area contributed by atoms with Crippen LogP contribution in [0, 0.1) is 0 Å². The maximum atomic E-state index is 12.0. The van der Waals surface area contributed by atoms with Crippen LogP contribution in [0.5, 0.6) is 0 Å². The second-order valence-corrected chi connectivity index (χ2v) is 5.16. The highest BCUT2D eigenvalue weighted by atomic mass is 16.2. The molecule has 21 heavy (non-hydrogen) atoms. The van der Waals surface area contributed by atoms with E-state index in [2.05, 4.69) is 5.32 Å². The Morgan fingerprint density at radius 3 is 2.62 bits per heavy atom. The minimum Gasteiger partial charge on any atom is -0.397 e. The molecular weight excluding hydrogens is 268 g/mol. The van der Waals surface area contributed by atoms with Crippen LogP contribution < -0.4 is 16.7 Å². The van der Waals surface area contributed by atoms with Crippen LogP contribution in [-0.4, -0.2) is 15.0 Å². The van der Waals surface area contributed by atoms with Crippen molar-refractivity contribution in [3.8, 4) is 0 Å². The monoisotopic (exact) mass is 288 g/mol. The van der Waals surface area contributed by atoms with Crippen molar-refractivity contribution in [1.82, 2.24) is 9.13 Å². The highest BCUT2D eigenvalue weighted by molar-refractivity contribution is 5.93. The highest BCUT2D eigenvalue weighted by Gasteiger charge is 2.09. The van der Waals surface area contributed by atoms with Crippen molar-refractivity contribution in [1.29, 1.82) is 0 Å². The summed E-state index contributed by atoms with van der Waals surface area (Å²) >= 11 is 0. The molecule has 0 fully saturated rings. The van der Waals surface area contributed by atoms with Crippen LogP contribution in [-0.2, 0) is 11.3 Å². The molecular formula is C15H20N4O2. The Bertz CT molecular complexity index is 685. The van der Waals surface area contributed by atoms with Gasteiger partial charge in [0.05, 0.1) is 11.4 Å². The van der Waals surface area contributed by atoms with Crippen molar-refractivity contribution in [2.45, 2.75) is 32.9 Å². The summed E-state index contributed by atoms with van der Waals surface area (Å²) in [7, 11) is 0. The Morgan fingerprint density at radius 2 is 2.00 bits per heavy atom. The average molecular weight is 288 g/mol. The van der Waals surface area contributed by atoms with Crippen molar-refractivity contribution in [3.63, 3.8) is 0 Å². The van der Waals surface area contributed by atoms with Gasteiger partial charge in [-0.2, -0.15) is 0 Å². The number of benzene rings is 1. The van der Waals surface area contributed by atoms with Crippen LogP contribution in [0.4, 0.5) is 11.4 Å². The van der Waals surface area contributed by atoms with E-state index in [1.54, 1.807) is 41.2 Å². The minimum absolute atomic E-state index is 0.1000. The molecule has 1 aromatic carbocycles. The Kier molecular flexibility index (Phi) is 4.47. The van der Waals surface area contributed by atoms with Crippen LogP contribution in [0.2, 0.25) is 0 Å². The number of nitrogens with zero attached hydrogens (tertiary/aromatic N) is 2. The molecule has 1 amide bonds. The van der Waals surface area contributed by atoms with Gasteiger partial charge in [0.25, 0.3) is 0 Å². The Balaban J connectivity index is 1.96. The van der Waals surface area contributed by atoms with E-state index < -0.39 is 0 Å². The van der Waals surface area contributed by atoms with Gasteiger partial charge in [0, 0.05) is 31.4 Å². The molecule has 0 atom stereocenters. The normalized spacial score (nSPS) is 10.8. The number of hydrogen-bond acceptors (Lipinski definition) is 3. The maximum Gasteiger partial charge on any atom is 0.328 e. The fourth-order valence-electron chi connectivity index (χ4n) is 2.04. The molecule has 6 heteroatoms. The lowest BCUT2D eigenvalue weighted by Gasteiger charge is -2.08. The van der Waals surface area contributed by atoms with Gasteiger partial charge in [0.2, 0.25) is 5.91 Å². The van der Waals surface area contributed by atoms with Crippen LogP contribution in [0.1, 0.15) is 26.3 Å². The molecule has 1 aromatic heterocycles. The van der Waals surface area contributed by atoms with Crippen LogP contribution in [0.3, 0.4) is 0 Å². The number of carbonyl (C=O) groups is 1. The molecule has 0 spiro atoms. The molecule has 2 aromatic rings. The fourth-order valence-corrected chi connectivity index (χ4v) is 2.04. The van der Waals surface area contributed by atoms with Crippen molar-refractivity contribution in [2.24, 2.45) is 0 Å². The third-order valence-electron chi connectivity index (χ3n) is 3.24. The van der Waals surface area contributed by atoms with Gasteiger partial charge in [0.1, 0.15) is 0 Å². The van der Waals surface area contributed by atoms with Crippen molar-refractivity contribution < 1.29 is 4.79 Å². The lowest BCUT2D eigenvalue weighted by molar-refractivity contribution is -0.116. The van der Waals surface area contributed by atoms with Crippen LogP contribution >= 0.6 is 0 Å². The third kappa shape index (κ3) is 3.53. The number of anilines is 2. The van der Waals surface area contributed by atoms with E-state index in [1.807, 2.05) is 13.8 Å². The lowest BCUT2D eigenvalue weighted by Crippen LogP contribution is -2.26. The Morgan fingerprint density at radius 1 is 1.29 bits per heavy atom. The SMILES string of the molecule is CC(C)n1ccn(CCC(=O)Nc2ccccc2N)c1=O. The summed E-state index contributed by atoms with van der Waals surface area (Å²) < 4.78 is 3.17. The van der Waals surface area contributed by atoms with E-state index in [0.29, 0.717) is 17.9 Å². The van der Waals surface area contributed by atoms with Gasteiger partial charge in [-0.15, -0.1) is 0 Å². The van der Waals surface area contributed by atoms with Gasteiger partial charge in [-0.1, -0.05) is 12.1 Å². The van der Waals surface area contributed by atoms with Gasteiger partial charge < -0.3 is 11.1 Å². The molecule has 0 radical (unpaired) electrons. The molecule has 0 bridgehead atoms. The van der Waals surface area contributed by atoms with Crippen molar-refractivity contribution >= 4 is 17.3 Å². The predicted molar refractivity (Wildman–Crippen MR) is 83.2 cm³/mol.